The number of carboxylic acid groups (broad SMARTS) is 1. The van der Waals surface area contributed by atoms with Gasteiger partial charge in [0.15, 0.2) is 5.75 Å². The van der Waals surface area contributed by atoms with Crippen LogP contribution in [0.3, 0.4) is 0 Å². The van der Waals surface area contributed by atoms with E-state index in [1.165, 1.54) is 24.3 Å². The van der Waals surface area contributed by atoms with Gasteiger partial charge in [0, 0.05) is 14.0 Å². The molecule has 23 heavy (non-hydrogen) atoms. The van der Waals surface area contributed by atoms with Gasteiger partial charge in [0.1, 0.15) is 0 Å². The van der Waals surface area contributed by atoms with Crippen LogP contribution in [0.25, 0.3) is 0 Å². The van der Waals surface area contributed by atoms with E-state index in [2.05, 4.69) is 31.9 Å². The predicted octanol–water partition coefficient (Wildman–Crippen LogP) is 5.02. The molecule has 2 aromatic carbocycles. The zero-order chi connectivity index (χ0) is 17.3. The Morgan fingerprint density at radius 2 is 1.74 bits per heavy atom. The first-order chi connectivity index (χ1) is 10.7. The van der Waals surface area contributed by atoms with Crippen molar-refractivity contribution in [1.82, 2.24) is 0 Å². The minimum Gasteiger partial charge on any atom is -0.478 e. The van der Waals surface area contributed by atoms with Gasteiger partial charge in [-0.25, -0.2) is 9.59 Å². The molecule has 0 saturated carbocycles. The van der Waals surface area contributed by atoms with Gasteiger partial charge in [-0.1, -0.05) is 23.2 Å². The highest BCUT2D eigenvalue weighted by molar-refractivity contribution is 9.10. The molecule has 0 aliphatic heterocycles. The Labute approximate surface area is 157 Å². The summed E-state index contributed by atoms with van der Waals surface area (Å²) in [5, 5.41) is 9.55. The van der Waals surface area contributed by atoms with Crippen molar-refractivity contribution < 1.29 is 19.4 Å². The molecule has 0 aliphatic rings. The number of carbonyl (C=O) groups excluding carboxylic acids is 1. The van der Waals surface area contributed by atoms with Gasteiger partial charge in [-0.05, 0) is 56.1 Å². The third-order valence-electron chi connectivity index (χ3n) is 2.79. The van der Waals surface area contributed by atoms with Gasteiger partial charge in [-0.15, -0.1) is 0 Å². The Balaban J connectivity index is 2.47. The minimum absolute atomic E-state index is 0.00839. The normalized spacial score (nSPS) is 10.4. The zero-order valence-electron chi connectivity index (χ0n) is 11.1. The van der Waals surface area contributed by atoms with Crippen molar-refractivity contribution in [2.75, 3.05) is 5.73 Å². The van der Waals surface area contributed by atoms with Crippen LogP contribution in [0.2, 0.25) is 10.0 Å². The molecular weight excluding hydrogens is 477 g/mol. The smallest absolute Gasteiger partial charge is 0.344 e. The van der Waals surface area contributed by atoms with E-state index >= 15 is 0 Å². The number of nitrogen functional groups attached to an aromatic ring is 1. The first-order valence-corrected chi connectivity index (χ1v) is 8.24. The summed E-state index contributed by atoms with van der Waals surface area (Å²) in [7, 11) is 0. The highest BCUT2D eigenvalue weighted by Crippen LogP contribution is 2.40. The van der Waals surface area contributed by atoms with E-state index in [1.54, 1.807) is 0 Å². The maximum atomic E-state index is 12.3. The molecule has 3 N–H and O–H groups in total. The number of hydrogen-bond acceptors (Lipinski definition) is 4. The molecule has 0 unspecified atom stereocenters. The number of aromatic carboxylic acids is 1. The second-order valence-electron chi connectivity index (χ2n) is 4.28. The van der Waals surface area contributed by atoms with Crippen LogP contribution in [0.4, 0.5) is 5.69 Å². The summed E-state index contributed by atoms with van der Waals surface area (Å²) < 4.78 is 5.85. The van der Waals surface area contributed by atoms with Crippen molar-refractivity contribution in [2.24, 2.45) is 0 Å². The summed E-state index contributed by atoms with van der Waals surface area (Å²) in [5.74, 6) is -2.27. The van der Waals surface area contributed by atoms with Gasteiger partial charge >= 0.3 is 11.9 Å². The summed E-state index contributed by atoms with van der Waals surface area (Å²) in [6.45, 7) is 0. The lowest BCUT2D eigenvalue weighted by Gasteiger charge is -2.13. The fraction of sp³-hybridized carbons (Fsp3) is 0. The Kier molecular flexibility index (Phi) is 5.57. The first-order valence-electron chi connectivity index (χ1n) is 5.90. The number of hydrogen-bond donors (Lipinski definition) is 2. The van der Waals surface area contributed by atoms with E-state index in [0.29, 0.717) is 9.50 Å². The number of halogens is 4. The van der Waals surface area contributed by atoms with Crippen molar-refractivity contribution >= 4 is 72.7 Å². The molecule has 0 heterocycles. The molecule has 120 valence electrons. The molecule has 2 aromatic rings. The Bertz CT molecular complexity index is 827. The van der Waals surface area contributed by atoms with E-state index < -0.39 is 11.9 Å². The van der Waals surface area contributed by atoms with Crippen LogP contribution in [0.5, 0.6) is 5.75 Å². The average molecular weight is 484 g/mol. The second kappa shape index (κ2) is 7.09. The fourth-order valence-corrected chi connectivity index (χ4v) is 3.14. The van der Waals surface area contributed by atoms with Gasteiger partial charge in [-0.3, -0.25) is 0 Å². The summed E-state index contributed by atoms with van der Waals surface area (Å²) >= 11 is 18.2. The van der Waals surface area contributed by atoms with Crippen LogP contribution in [0.1, 0.15) is 20.7 Å². The lowest BCUT2D eigenvalue weighted by molar-refractivity contribution is 0.0689. The number of anilines is 1. The Morgan fingerprint density at radius 3 is 2.30 bits per heavy atom. The molecule has 0 bridgehead atoms. The van der Waals surface area contributed by atoms with Crippen molar-refractivity contribution in [3.8, 4) is 5.75 Å². The first kappa shape index (κ1) is 18.1. The van der Waals surface area contributed by atoms with E-state index in [9.17, 15) is 9.59 Å². The van der Waals surface area contributed by atoms with E-state index in [0.717, 1.165) is 0 Å². The standard InChI is InChI=1S/C14H7Br2Cl2NO4/c15-8-3-5(17)1-2-6(8)14(22)23-12-10(18)9(16)4-7(11(12)19)13(20)21/h1-4H,19H2,(H,20,21). The monoisotopic (exact) mass is 481 g/mol. The topological polar surface area (TPSA) is 89.6 Å². The Hall–Kier alpha value is -1.28. The van der Waals surface area contributed by atoms with Crippen LogP contribution in [-0.4, -0.2) is 17.0 Å². The van der Waals surface area contributed by atoms with Gasteiger partial charge in [-0.2, -0.15) is 0 Å². The zero-order valence-corrected chi connectivity index (χ0v) is 15.8. The third-order valence-corrected chi connectivity index (χ3v) is 4.91. The molecule has 0 saturated heterocycles. The molecule has 0 fully saturated rings. The van der Waals surface area contributed by atoms with Crippen LogP contribution >= 0.6 is 55.1 Å². The molecule has 5 nitrogen and oxygen atoms in total. The molecule has 0 radical (unpaired) electrons. The number of benzene rings is 2. The molecule has 0 aromatic heterocycles. The minimum atomic E-state index is -1.27. The maximum Gasteiger partial charge on any atom is 0.344 e. The summed E-state index contributed by atoms with van der Waals surface area (Å²) in [5.41, 5.74) is 5.45. The van der Waals surface area contributed by atoms with Gasteiger partial charge in [0.05, 0.1) is 21.8 Å². The van der Waals surface area contributed by atoms with Crippen molar-refractivity contribution in [1.29, 1.82) is 0 Å². The Morgan fingerprint density at radius 1 is 1.09 bits per heavy atom. The van der Waals surface area contributed by atoms with Crippen molar-refractivity contribution in [3.05, 3.63) is 54.4 Å². The number of carboxylic acids is 1. The van der Waals surface area contributed by atoms with Gasteiger partial charge < -0.3 is 15.6 Å². The molecule has 9 heteroatoms. The lowest BCUT2D eigenvalue weighted by atomic mass is 10.1. The average Bonchev–Trinajstić information content (AvgIpc) is 2.46. The van der Waals surface area contributed by atoms with E-state index in [4.69, 9.17) is 38.8 Å². The highest BCUT2D eigenvalue weighted by atomic mass is 79.9. The van der Waals surface area contributed by atoms with Crippen LogP contribution < -0.4 is 10.5 Å². The summed E-state index contributed by atoms with van der Waals surface area (Å²) in [6.07, 6.45) is 0. The highest BCUT2D eigenvalue weighted by Gasteiger charge is 2.23. The van der Waals surface area contributed by atoms with Gasteiger partial charge in [0.2, 0.25) is 0 Å². The van der Waals surface area contributed by atoms with Crippen LogP contribution in [0, 0.1) is 0 Å². The second-order valence-corrected chi connectivity index (χ2v) is 6.80. The SMILES string of the molecule is Nc1c(C(=O)O)cc(Br)c(Cl)c1OC(=O)c1ccc(Cl)cc1Br. The predicted molar refractivity (Wildman–Crippen MR) is 94.6 cm³/mol. The number of nitrogens with two attached hydrogens (primary N) is 1. The number of esters is 1. The molecule has 2 rings (SSSR count). The quantitative estimate of drug-likeness (QED) is 0.363. The van der Waals surface area contributed by atoms with Crippen molar-refractivity contribution in [2.45, 2.75) is 0 Å². The number of ether oxygens (including phenoxy) is 1. The summed E-state index contributed by atoms with van der Waals surface area (Å²) in [6, 6.07) is 5.72. The fourth-order valence-electron chi connectivity index (χ4n) is 1.70. The number of rotatable bonds is 3. The molecule has 0 spiro atoms. The molecule has 0 amide bonds. The van der Waals surface area contributed by atoms with Crippen LogP contribution in [0.15, 0.2) is 33.2 Å². The van der Waals surface area contributed by atoms with Gasteiger partial charge in [0.25, 0.3) is 0 Å². The largest absolute Gasteiger partial charge is 0.478 e. The summed E-state index contributed by atoms with van der Waals surface area (Å²) in [4.78, 5) is 23.4. The third kappa shape index (κ3) is 3.80. The maximum absolute atomic E-state index is 12.3. The van der Waals surface area contributed by atoms with Crippen molar-refractivity contribution in [3.63, 3.8) is 0 Å². The number of carbonyl (C=O) groups is 2. The molecule has 0 atom stereocenters. The van der Waals surface area contributed by atoms with E-state index in [1.807, 2.05) is 0 Å². The van der Waals surface area contributed by atoms with E-state index in [-0.39, 0.29) is 32.1 Å². The molecule has 0 aliphatic carbocycles. The van der Waals surface area contributed by atoms with Crippen LogP contribution in [-0.2, 0) is 0 Å². The molecular formula is C14H7Br2Cl2NO4. The lowest BCUT2D eigenvalue weighted by Crippen LogP contribution is -2.13.